The van der Waals surface area contributed by atoms with Crippen molar-refractivity contribution in [1.29, 1.82) is 0 Å². The van der Waals surface area contributed by atoms with Gasteiger partial charge in [0.15, 0.2) is 6.29 Å². The van der Waals surface area contributed by atoms with Crippen molar-refractivity contribution in [2.75, 3.05) is 18.5 Å². The zero-order valence-corrected chi connectivity index (χ0v) is 20.0. The quantitative estimate of drug-likeness (QED) is 0.511. The van der Waals surface area contributed by atoms with E-state index in [4.69, 9.17) is 9.47 Å². The lowest BCUT2D eigenvalue weighted by Gasteiger charge is -2.24. The van der Waals surface area contributed by atoms with E-state index in [9.17, 15) is 22.4 Å². The predicted octanol–water partition coefficient (Wildman–Crippen LogP) is 4.50. The number of aryl methyl sites for hydroxylation is 1. The van der Waals surface area contributed by atoms with Crippen LogP contribution in [0.4, 0.5) is 23.4 Å². The van der Waals surface area contributed by atoms with E-state index in [1.54, 1.807) is 13.0 Å². The molecule has 194 valence electrons. The Morgan fingerprint density at radius 2 is 1.89 bits per heavy atom. The molecule has 2 aliphatic carbocycles. The Morgan fingerprint density at radius 3 is 2.56 bits per heavy atom. The molecule has 1 aromatic carbocycles. The number of carbonyl (C=O) groups is 1. The summed E-state index contributed by atoms with van der Waals surface area (Å²) in [6.45, 7) is 4.15. The van der Waals surface area contributed by atoms with Gasteiger partial charge in [-0.05, 0) is 44.2 Å². The largest absolute Gasteiger partial charge is 0.363 e. The number of hydrogen-bond donors (Lipinski definition) is 2. The molecule has 36 heavy (non-hydrogen) atoms. The molecule has 1 amide bonds. The third-order valence-corrected chi connectivity index (χ3v) is 7.03. The lowest BCUT2D eigenvalue weighted by Crippen LogP contribution is -2.43. The maximum absolute atomic E-state index is 14.3. The first kappa shape index (κ1) is 24.9. The van der Waals surface area contributed by atoms with Gasteiger partial charge in [0.1, 0.15) is 17.2 Å². The molecule has 0 bridgehead atoms. The smallest absolute Gasteiger partial charge is 0.273 e. The number of benzene rings is 1. The van der Waals surface area contributed by atoms with E-state index < -0.39 is 36.1 Å². The van der Waals surface area contributed by atoms with Crippen LogP contribution in [-0.2, 0) is 33.0 Å². The van der Waals surface area contributed by atoms with Crippen LogP contribution in [0.2, 0.25) is 0 Å². The van der Waals surface area contributed by atoms with E-state index in [-0.39, 0.29) is 37.7 Å². The lowest BCUT2D eigenvalue weighted by molar-refractivity contribution is -0.122. The van der Waals surface area contributed by atoms with Crippen LogP contribution in [-0.4, -0.2) is 41.1 Å². The third kappa shape index (κ3) is 4.66. The average Bonchev–Trinajstić information content (AvgIpc) is 3.26. The molecule has 0 radical (unpaired) electrons. The summed E-state index contributed by atoms with van der Waals surface area (Å²) in [5.41, 5.74) is 0.624. The molecule has 1 unspecified atom stereocenters. The van der Waals surface area contributed by atoms with Gasteiger partial charge in [0.05, 0.1) is 36.9 Å². The van der Waals surface area contributed by atoms with Crippen LogP contribution in [0.5, 0.6) is 0 Å². The SMILES string of the molecule is Cc1nc(CC(=O)NC2(C(F)F)CC2)c(C2OCCO2)c(NC(C)c2cccc3c2CCC3(F)F)n1. The minimum Gasteiger partial charge on any atom is -0.363 e. The van der Waals surface area contributed by atoms with E-state index in [1.807, 2.05) is 13.0 Å². The average molecular weight is 509 g/mol. The van der Waals surface area contributed by atoms with Gasteiger partial charge in [0.25, 0.3) is 12.3 Å². The predicted molar refractivity (Wildman–Crippen MR) is 122 cm³/mol. The van der Waals surface area contributed by atoms with Crippen molar-refractivity contribution in [2.24, 2.45) is 0 Å². The van der Waals surface area contributed by atoms with Gasteiger partial charge >= 0.3 is 0 Å². The fraction of sp³-hybridized carbons (Fsp3) is 0.560. The number of fused-ring (bicyclic) bond motifs is 1. The third-order valence-electron chi connectivity index (χ3n) is 7.03. The lowest BCUT2D eigenvalue weighted by atomic mass is 9.97. The summed E-state index contributed by atoms with van der Waals surface area (Å²) in [4.78, 5) is 21.6. The van der Waals surface area contributed by atoms with Gasteiger partial charge in [-0.15, -0.1) is 0 Å². The normalized spacial score (nSPS) is 20.9. The molecule has 1 aromatic heterocycles. The summed E-state index contributed by atoms with van der Waals surface area (Å²) >= 11 is 0. The van der Waals surface area contributed by atoms with Gasteiger partial charge in [0.2, 0.25) is 5.91 Å². The van der Waals surface area contributed by atoms with Crippen molar-refractivity contribution in [2.45, 2.75) is 76.2 Å². The van der Waals surface area contributed by atoms with Gasteiger partial charge < -0.3 is 20.1 Å². The fourth-order valence-electron chi connectivity index (χ4n) is 4.99. The van der Waals surface area contributed by atoms with E-state index in [0.717, 1.165) is 5.56 Å². The summed E-state index contributed by atoms with van der Waals surface area (Å²) in [5, 5.41) is 5.74. The Labute approximate surface area is 206 Å². The van der Waals surface area contributed by atoms with Crippen LogP contribution < -0.4 is 10.6 Å². The molecule has 0 spiro atoms. The Balaban J connectivity index is 1.45. The molecule has 1 atom stereocenters. The maximum Gasteiger partial charge on any atom is 0.273 e. The molecule has 11 heteroatoms. The van der Waals surface area contributed by atoms with Crippen molar-refractivity contribution in [3.63, 3.8) is 0 Å². The van der Waals surface area contributed by atoms with Gasteiger partial charge in [0, 0.05) is 12.0 Å². The molecule has 7 nitrogen and oxygen atoms in total. The Morgan fingerprint density at radius 1 is 1.17 bits per heavy atom. The molecule has 2 heterocycles. The number of amides is 1. The highest BCUT2D eigenvalue weighted by Gasteiger charge is 2.52. The standard InChI is InChI=1S/C25H28F4N4O3/c1-13(15-4-3-5-17-16(15)6-7-25(17,28)29)30-21-20(22-35-10-11-36-22)18(31-14(2)32-21)12-19(34)33-24(8-9-24)23(26)27/h3-5,13,22-23H,6-12H2,1-2H3,(H,33,34)(H,30,31,32). The molecule has 2 fully saturated rings. The molecule has 2 N–H and O–H groups in total. The molecule has 3 aliphatic rings. The second-order valence-electron chi connectivity index (χ2n) is 9.68. The van der Waals surface area contributed by atoms with Crippen molar-refractivity contribution < 1.29 is 31.8 Å². The van der Waals surface area contributed by atoms with E-state index in [1.165, 1.54) is 6.07 Å². The van der Waals surface area contributed by atoms with Crippen molar-refractivity contribution >= 4 is 11.7 Å². The number of rotatable bonds is 8. The number of nitrogens with zero attached hydrogens (tertiary/aromatic N) is 2. The number of halogens is 4. The van der Waals surface area contributed by atoms with Gasteiger partial charge in [-0.1, -0.05) is 18.2 Å². The van der Waals surface area contributed by atoms with Crippen LogP contribution >= 0.6 is 0 Å². The highest BCUT2D eigenvalue weighted by Crippen LogP contribution is 2.45. The summed E-state index contributed by atoms with van der Waals surface area (Å²) in [7, 11) is 0. The summed E-state index contributed by atoms with van der Waals surface area (Å²) in [6.07, 6.45) is -3.25. The summed E-state index contributed by atoms with van der Waals surface area (Å²) in [5.74, 6) is -2.73. The van der Waals surface area contributed by atoms with Crippen LogP contribution in [0, 0.1) is 6.92 Å². The van der Waals surface area contributed by atoms with E-state index in [0.29, 0.717) is 41.7 Å². The first-order chi connectivity index (χ1) is 17.1. The fourth-order valence-corrected chi connectivity index (χ4v) is 4.99. The molecule has 1 aliphatic heterocycles. The highest BCUT2D eigenvalue weighted by molar-refractivity contribution is 5.80. The number of carbonyl (C=O) groups excluding carboxylic acids is 1. The van der Waals surface area contributed by atoms with Crippen LogP contribution in [0.3, 0.4) is 0 Å². The summed E-state index contributed by atoms with van der Waals surface area (Å²) in [6, 6.07) is 4.48. The van der Waals surface area contributed by atoms with Crippen LogP contribution in [0.15, 0.2) is 18.2 Å². The minimum atomic E-state index is -2.86. The minimum absolute atomic E-state index is 0.0422. The number of alkyl halides is 4. The molecular weight excluding hydrogens is 480 g/mol. The van der Waals surface area contributed by atoms with Gasteiger partial charge in [-0.3, -0.25) is 4.79 Å². The Kier molecular flexibility index (Phi) is 6.40. The second kappa shape index (κ2) is 9.26. The van der Waals surface area contributed by atoms with Crippen LogP contribution in [0.25, 0.3) is 0 Å². The second-order valence-corrected chi connectivity index (χ2v) is 9.68. The molecule has 1 saturated heterocycles. The Bertz CT molecular complexity index is 1170. The van der Waals surface area contributed by atoms with E-state index in [2.05, 4.69) is 20.6 Å². The Hall–Kier alpha value is -2.79. The highest BCUT2D eigenvalue weighted by atomic mass is 19.3. The number of anilines is 1. The number of aromatic nitrogens is 2. The molecular formula is C25H28F4N4O3. The zero-order valence-electron chi connectivity index (χ0n) is 20.0. The molecule has 1 saturated carbocycles. The number of nitrogens with one attached hydrogen (secondary N) is 2. The first-order valence-corrected chi connectivity index (χ1v) is 12.1. The first-order valence-electron chi connectivity index (χ1n) is 12.1. The molecule has 2 aromatic rings. The van der Waals surface area contributed by atoms with Gasteiger partial charge in [-0.25, -0.2) is 27.5 Å². The van der Waals surface area contributed by atoms with Crippen molar-refractivity contribution in [3.05, 3.63) is 52.0 Å². The van der Waals surface area contributed by atoms with Crippen molar-refractivity contribution in [3.8, 4) is 0 Å². The zero-order chi connectivity index (χ0) is 25.7. The van der Waals surface area contributed by atoms with Crippen LogP contribution in [0.1, 0.15) is 72.3 Å². The summed E-state index contributed by atoms with van der Waals surface area (Å²) < 4.78 is 66.7. The number of hydrogen-bond acceptors (Lipinski definition) is 6. The van der Waals surface area contributed by atoms with Crippen molar-refractivity contribution in [1.82, 2.24) is 15.3 Å². The number of ether oxygens (including phenoxy) is 2. The van der Waals surface area contributed by atoms with Gasteiger partial charge in [-0.2, -0.15) is 0 Å². The topological polar surface area (TPSA) is 85.4 Å². The monoisotopic (exact) mass is 508 g/mol. The molecule has 5 rings (SSSR count). The van der Waals surface area contributed by atoms with E-state index >= 15 is 0 Å². The maximum atomic E-state index is 14.3.